The number of nitrogens with one attached hydrogen (secondary N) is 1. The molecule has 0 saturated heterocycles. The number of aromatic nitrogens is 3. The fraction of sp³-hybridized carbons (Fsp3) is 0.526. The van der Waals surface area contributed by atoms with Crippen molar-refractivity contribution in [3.63, 3.8) is 0 Å². The van der Waals surface area contributed by atoms with Gasteiger partial charge in [0.2, 0.25) is 5.95 Å². The van der Waals surface area contributed by atoms with Crippen LogP contribution in [0, 0.1) is 13.8 Å². The Morgan fingerprint density at radius 2 is 1.92 bits per heavy atom. The molecule has 0 fully saturated rings. The normalized spacial score (nSPS) is 12.4. The fourth-order valence-electron chi connectivity index (χ4n) is 2.39. The standard InChI is InChI=1S/C19H28N4O/c1-6-17(12-24-11-16-9-7-8-14(4)10-16)22-19-21-15(5)20-18(23-19)13(2)3/h7-10,13,17H,6,11-12H2,1-5H3,(H,20,21,22,23). The van der Waals surface area contributed by atoms with Gasteiger partial charge in [-0.15, -0.1) is 0 Å². The number of ether oxygens (including phenoxy) is 1. The largest absolute Gasteiger partial charge is 0.375 e. The number of hydrogen-bond donors (Lipinski definition) is 1. The Balaban J connectivity index is 1.92. The summed E-state index contributed by atoms with van der Waals surface area (Å²) in [4.78, 5) is 13.3. The molecule has 0 aliphatic rings. The lowest BCUT2D eigenvalue weighted by molar-refractivity contribution is 0.111. The summed E-state index contributed by atoms with van der Waals surface area (Å²) in [7, 11) is 0. The van der Waals surface area contributed by atoms with Crippen molar-refractivity contribution in [2.24, 2.45) is 0 Å². The first-order valence-corrected chi connectivity index (χ1v) is 8.60. The molecule has 0 aliphatic heterocycles. The third kappa shape index (κ3) is 5.57. The summed E-state index contributed by atoms with van der Waals surface area (Å²) >= 11 is 0. The molecule has 130 valence electrons. The maximum atomic E-state index is 5.87. The van der Waals surface area contributed by atoms with Gasteiger partial charge in [-0.2, -0.15) is 9.97 Å². The van der Waals surface area contributed by atoms with Crippen LogP contribution in [0.3, 0.4) is 0 Å². The van der Waals surface area contributed by atoms with Gasteiger partial charge in [0.15, 0.2) is 0 Å². The molecule has 5 heteroatoms. The first kappa shape index (κ1) is 18.3. The van der Waals surface area contributed by atoms with Gasteiger partial charge in [-0.05, 0) is 25.8 Å². The van der Waals surface area contributed by atoms with Gasteiger partial charge >= 0.3 is 0 Å². The van der Waals surface area contributed by atoms with Gasteiger partial charge in [-0.25, -0.2) is 4.98 Å². The van der Waals surface area contributed by atoms with Crippen molar-refractivity contribution in [1.82, 2.24) is 15.0 Å². The van der Waals surface area contributed by atoms with Gasteiger partial charge in [0.1, 0.15) is 11.6 Å². The third-order valence-corrected chi connectivity index (χ3v) is 3.78. The Morgan fingerprint density at radius 3 is 2.58 bits per heavy atom. The van der Waals surface area contributed by atoms with E-state index in [1.807, 2.05) is 6.92 Å². The van der Waals surface area contributed by atoms with E-state index in [4.69, 9.17) is 4.74 Å². The third-order valence-electron chi connectivity index (χ3n) is 3.78. The van der Waals surface area contributed by atoms with Crippen molar-refractivity contribution in [3.8, 4) is 0 Å². The molecule has 1 aromatic carbocycles. The predicted molar refractivity (Wildman–Crippen MR) is 97.2 cm³/mol. The van der Waals surface area contributed by atoms with E-state index in [0.717, 1.165) is 18.1 Å². The van der Waals surface area contributed by atoms with E-state index < -0.39 is 0 Å². The summed E-state index contributed by atoms with van der Waals surface area (Å²) in [5.74, 6) is 2.48. The topological polar surface area (TPSA) is 59.9 Å². The summed E-state index contributed by atoms with van der Waals surface area (Å²) in [5, 5.41) is 3.38. The van der Waals surface area contributed by atoms with E-state index in [-0.39, 0.29) is 12.0 Å². The molecule has 0 saturated carbocycles. The van der Waals surface area contributed by atoms with E-state index in [1.165, 1.54) is 11.1 Å². The molecule has 2 rings (SSSR count). The van der Waals surface area contributed by atoms with E-state index in [0.29, 0.717) is 19.2 Å². The van der Waals surface area contributed by atoms with Crippen LogP contribution in [0.2, 0.25) is 0 Å². The predicted octanol–water partition coefficient (Wildman–Crippen LogP) is 4.02. The van der Waals surface area contributed by atoms with Crippen molar-refractivity contribution < 1.29 is 4.74 Å². The molecule has 1 heterocycles. The number of nitrogens with zero attached hydrogens (tertiary/aromatic N) is 3. The second-order valence-corrected chi connectivity index (χ2v) is 6.47. The highest BCUT2D eigenvalue weighted by Crippen LogP contribution is 2.13. The van der Waals surface area contributed by atoms with Crippen LogP contribution in [-0.4, -0.2) is 27.6 Å². The summed E-state index contributed by atoms with van der Waals surface area (Å²) in [6, 6.07) is 8.57. The van der Waals surface area contributed by atoms with Crippen molar-refractivity contribution >= 4 is 5.95 Å². The van der Waals surface area contributed by atoms with Gasteiger partial charge < -0.3 is 10.1 Å². The zero-order valence-electron chi connectivity index (χ0n) is 15.3. The van der Waals surface area contributed by atoms with Gasteiger partial charge in [0.25, 0.3) is 0 Å². The highest BCUT2D eigenvalue weighted by molar-refractivity contribution is 5.26. The SMILES string of the molecule is CCC(COCc1cccc(C)c1)Nc1nc(C)nc(C(C)C)n1. The van der Waals surface area contributed by atoms with Crippen LogP contribution in [-0.2, 0) is 11.3 Å². The van der Waals surface area contributed by atoms with Crippen LogP contribution >= 0.6 is 0 Å². The summed E-state index contributed by atoms with van der Waals surface area (Å²) in [6.45, 7) is 11.5. The lowest BCUT2D eigenvalue weighted by atomic mass is 10.1. The Labute approximate surface area is 144 Å². The number of anilines is 1. The van der Waals surface area contributed by atoms with Crippen LogP contribution in [0.5, 0.6) is 0 Å². The number of rotatable bonds is 8. The molecule has 1 unspecified atom stereocenters. The molecule has 1 N–H and O–H groups in total. The molecule has 0 bridgehead atoms. The van der Waals surface area contributed by atoms with Crippen LogP contribution in [0.1, 0.15) is 55.9 Å². The van der Waals surface area contributed by atoms with Crippen LogP contribution < -0.4 is 5.32 Å². The van der Waals surface area contributed by atoms with E-state index in [2.05, 4.69) is 72.2 Å². The average Bonchev–Trinajstić information content (AvgIpc) is 2.53. The van der Waals surface area contributed by atoms with Gasteiger partial charge in [0, 0.05) is 5.92 Å². The smallest absolute Gasteiger partial charge is 0.226 e. The lowest BCUT2D eigenvalue weighted by Gasteiger charge is -2.18. The number of hydrogen-bond acceptors (Lipinski definition) is 5. The van der Waals surface area contributed by atoms with Crippen LogP contribution in [0.4, 0.5) is 5.95 Å². The van der Waals surface area contributed by atoms with Gasteiger partial charge in [-0.3, -0.25) is 0 Å². The monoisotopic (exact) mass is 328 g/mol. The molecule has 1 atom stereocenters. The summed E-state index contributed by atoms with van der Waals surface area (Å²) < 4.78 is 5.87. The molecule has 1 aromatic heterocycles. The zero-order chi connectivity index (χ0) is 17.5. The second-order valence-electron chi connectivity index (χ2n) is 6.47. The van der Waals surface area contributed by atoms with E-state index >= 15 is 0 Å². The first-order valence-electron chi connectivity index (χ1n) is 8.60. The van der Waals surface area contributed by atoms with Crippen molar-refractivity contribution in [2.75, 3.05) is 11.9 Å². The number of benzene rings is 1. The van der Waals surface area contributed by atoms with Crippen LogP contribution in [0.15, 0.2) is 24.3 Å². The molecule has 0 spiro atoms. The average molecular weight is 328 g/mol. The van der Waals surface area contributed by atoms with Crippen LogP contribution in [0.25, 0.3) is 0 Å². The Morgan fingerprint density at radius 1 is 1.12 bits per heavy atom. The molecule has 0 amide bonds. The van der Waals surface area contributed by atoms with Gasteiger partial charge in [0.05, 0.1) is 19.3 Å². The summed E-state index contributed by atoms with van der Waals surface area (Å²) in [5.41, 5.74) is 2.45. The highest BCUT2D eigenvalue weighted by atomic mass is 16.5. The lowest BCUT2D eigenvalue weighted by Crippen LogP contribution is -2.26. The Bertz CT molecular complexity index is 658. The minimum atomic E-state index is 0.177. The fourth-order valence-corrected chi connectivity index (χ4v) is 2.39. The molecule has 2 aromatic rings. The highest BCUT2D eigenvalue weighted by Gasteiger charge is 2.12. The maximum Gasteiger partial charge on any atom is 0.226 e. The van der Waals surface area contributed by atoms with Crippen molar-refractivity contribution in [2.45, 2.75) is 59.6 Å². The minimum absolute atomic E-state index is 0.177. The molecular formula is C19H28N4O. The molecule has 0 radical (unpaired) electrons. The zero-order valence-corrected chi connectivity index (χ0v) is 15.3. The van der Waals surface area contributed by atoms with E-state index in [1.54, 1.807) is 0 Å². The van der Waals surface area contributed by atoms with E-state index in [9.17, 15) is 0 Å². The Hall–Kier alpha value is -2.01. The van der Waals surface area contributed by atoms with Crippen molar-refractivity contribution in [3.05, 3.63) is 47.0 Å². The first-order chi connectivity index (χ1) is 11.5. The molecule has 24 heavy (non-hydrogen) atoms. The molecule has 5 nitrogen and oxygen atoms in total. The number of aryl methyl sites for hydroxylation is 2. The Kier molecular flexibility index (Phi) is 6.67. The van der Waals surface area contributed by atoms with Crippen molar-refractivity contribution in [1.29, 1.82) is 0 Å². The molecule has 0 aliphatic carbocycles. The maximum absolute atomic E-state index is 5.87. The minimum Gasteiger partial charge on any atom is -0.375 e. The molecular weight excluding hydrogens is 300 g/mol. The quantitative estimate of drug-likeness (QED) is 0.793. The second kappa shape index (κ2) is 8.73. The van der Waals surface area contributed by atoms with Gasteiger partial charge in [-0.1, -0.05) is 50.6 Å². The summed E-state index contributed by atoms with van der Waals surface area (Å²) in [6.07, 6.45) is 0.940.